The van der Waals surface area contributed by atoms with Crippen LogP contribution in [0.5, 0.6) is 0 Å². The van der Waals surface area contributed by atoms with E-state index in [2.05, 4.69) is 0 Å². The molecule has 0 aliphatic carbocycles. The maximum absolute atomic E-state index is 12.6. The van der Waals surface area contributed by atoms with E-state index in [1.165, 1.54) is 24.3 Å². The zero-order valence-corrected chi connectivity index (χ0v) is 9.22. The minimum atomic E-state index is -0.238. The molecule has 0 saturated carbocycles. The smallest absolute Gasteiger partial charge is 0.123 e. The Labute approximate surface area is 99.3 Å². The molecule has 0 bridgehead atoms. The van der Waals surface area contributed by atoms with Gasteiger partial charge < -0.3 is 12.4 Å². The highest BCUT2D eigenvalue weighted by atomic mass is 35.5. The minimum Gasteiger partial charge on any atom is -1.00 e. The van der Waals surface area contributed by atoms with E-state index in [1.807, 2.05) is 0 Å². The van der Waals surface area contributed by atoms with Crippen LogP contribution in [0.25, 0.3) is 0 Å². The third kappa shape index (κ3) is 3.31. The number of hydrogen-bond donors (Lipinski definition) is 0. The fourth-order valence-corrected chi connectivity index (χ4v) is 1.44. The third-order valence-electron chi connectivity index (χ3n) is 2.23. The molecule has 0 unspecified atom stereocenters. The molecule has 0 spiro atoms. The van der Waals surface area contributed by atoms with Gasteiger partial charge in [-0.15, -0.1) is 0 Å². The van der Waals surface area contributed by atoms with Crippen molar-refractivity contribution in [3.63, 3.8) is 0 Å². The summed E-state index contributed by atoms with van der Waals surface area (Å²) in [5.41, 5.74) is 2.03. The summed E-state index contributed by atoms with van der Waals surface area (Å²) in [4.78, 5) is 0. The first-order valence-corrected chi connectivity index (χ1v) is 4.73. The van der Waals surface area contributed by atoms with Gasteiger partial charge in [-0.05, 0) is 41.8 Å². The molecular weight excluding hydrogens is 230 g/mol. The molecular formula is C13H10ClF2-. The van der Waals surface area contributed by atoms with Crippen molar-refractivity contribution < 1.29 is 21.2 Å². The van der Waals surface area contributed by atoms with Crippen molar-refractivity contribution in [1.82, 2.24) is 0 Å². The van der Waals surface area contributed by atoms with E-state index < -0.39 is 0 Å². The molecule has 16 heavy (non-hydrogen) atoms. The lowest BCUT2D eigenvalue weighted by Gasteiger charge is -2.01. The molecule has 0 atom stereocenters. The Morgan fingerprint density at radius 1 is 0.625 bits per heavy atom. The summed E-state index contributed by atoms with van der Waals surface area (Å²) in [5, 5.41) is 0. The lowest BCUT2D eigenvalue weighted by atomic mass is 10.1. The van der Waals surface area contributed by atoms with E-state index in [-0.39, 0.29) is 24.0 Å². The van der Waals surface area contributed by atoms with Gasteiger partial charge in [-0.1, -0.05) is 24.3 Å². The fourth-order valence-electron chi connectivity index (χ4n) is 1.44. The number of hydrogen-bond acceptors (Lipinski definition) is 0. The van der Waals surface area contributed by atoms with E-state index in [0.717, 1.165) is 11.1 Å². The number of halogens is 3. The van der Waals surface area contributed by atoms with Crippen LogP contribution in [0.4, 0.5) is 8.78 Å². The Morgan fingerprint density at radius 3 is 1.25 bits per heavy atom. The Bertz CT molecular complexity index is 391. The zero-order chi connectivity index (χ0) is 10.7. The van der Waals surface area contributed by atoms with Crippen LogP contribution in [-0.2, 0) is 6.42 Å². The van der Waals surface area contributed by atoms with E-state index in [4.69, 9.17) is 0 Å². The molecule has 0 heterocycles. The summed E-state index contributed by atoms with van der Waals surface area (Å²) >= 11 is 0. The van der Waals surface area contributed by atoms with Crippen molar-refractivity contribution in [1.29, 1.82) is 0 Å². The predicted octanol–water partition coefficient (Wildman–Crippen LogP) is 0.560. The van der Waals surface area contributed by atoms with Crippen molar-refractivity contribution >= 4 is 0 Å². The predicted molar refractivity (Wildman–Crippen MR) is 55.6 cm³/mol. The number of benzene rings is 2. The molecule has 0 radical (unpaired) electrons. The molecule has 0 fully saturated rings. The van der Waals surface area contributed by atoms with Gasteiger partial charge in [-0.3, -0.25) is 0 Å². The second-order valence-corrected chi connectivity index (χ2v) is 3.43. The SMILES string of the molecule is Fc1ccc(Cc2ccc(F)cc2)cc1.[Cl-]. The van der Waals surface area contributed by atoms with Gasteiger partial charge in [0.15, 0.2) is 0 Å². The van der Waals surface area contributed by atoms with Gasteiger partial charge in [0.25, 0.3) is 0 Å². The van der Waals surface area contributed by atoms with Gasteiger partial charge in [0.2, 0.25) is 0 Å². The molecule has 2 aromatic carbocycles. The Hall–Kier alpha value is -1.41. The Morgan fingerprint density at radius 2 is 0.938 bits per heavy atom. The quantitative estimate of drug-likeness (QED) is 0.719. The van der Waals surface area contributed by atoms with Crippen LogP contribution in [0.15, 0.2) is 48.5 Å². The summed E-state index contributed by atoms with van der Waals surface area (Å²) in [7, 11) is 0. The van der Waals surface area contributed by atoms with Crippen molar-refractivity contribution in [3.05, 3.63) is 71.3 Å². The van der Waals surface area contributed by atoms with Gasteiger partial charge in [-0.25, -0.2) is 8.78 Å². The highest BCUT2D eigenvalue weighted by Crippen LogP contribution is 2.10. The second kappa shape index (κ2) is 5.61. The molecule has 0 amide bonds. The summed E-state index contributed by atoms with van der Waals surface area (Å²) in [5.74, 6) is -0.476. The van der Waals surface area contributed by atoms with Crippen molar-refractivity contribution in [2.45, 2.75) is 6.42 Å². The molecule has 84 valence electrons. The Balaban J connectivity index is 0.00000128. The van der Waals surface area contributed by atoms with Crippen molar-refractivity contribution in [3.8, 4) is 0 Å². The largest absolute Gasteiger partial charge is 1.00 e. The van der Waals surface area contributed by atoms with Gasteiger partial charge in [0.05, 0.1) is 0 Å². The van der Waals surface area contributed by atoms with E-state index in [1.54, 1.807) is 24.3 Å². The summed E-state index contributed by atoms with van der Waals surface area (Å²) < 4.78 is 25.3. The van der Waals surface area contributed by atoms with Crippen LogP contribution in [0.2, 0.25) is 0 Å². The third-order valence-corrected chi connectivity index (χ3v) is 2.23. The molecule has 0 aliphatic rings. The van der Waals surface area contributed by atoms with E-state index in [9.17, 15) is 8.78 Å². The summed E-state index contributed by atoms with van der Waals surface area (Å²) in [6.07, 6.45) is 0.695. The topological polar surface area (TPSA) is 0 Å². The fraction of sp³-hybridized carbons (Fsp3) is 0.0769. The normalized spacial score (nSPS) is 9.62. The highest BCUT2D eigenvalue weighted by molar-refractivity contribution is 5.26. The summed E-state index contributed by atoms with van der Waals surface area (Å²) in [6.45, 7) is 0. The molecule has 2 rings (SSSR count). The van der Waals surface area contributed by atoms with Gasteiger partial charge >= 0.3 is 0 Å². The molecule has 0 aliphatic heterocycles. The molecule has 2 aromatic rings. The molecule has 0 N–H and O–H groups in total. The van der Waals surface area contributed by atoms with Crippen molar-refractivity contribution in [2.24, 2.45) is 0 Å². The van der Waals surface area contributed by atoms with Crippen molar-refractivity contribution in [2.75, 3.05) is 0 Å². The van der Waals surface area contributed by atoms with Crippen LogP contribution in [0, 0.1) is 11.6 Å². The zero-order valence-electron chi connectivity index (χ0n) is 8.46. The van der Waals surface area contributed by atoms with Crippen LogP contribution < -0.4 is 12.4 Å². The average molecular weight is 240 g/mol. The standard InChI is InChI=1S/C13H10F2.ClH/c14-12-5-1-10(2-6-12)9-11-3-7-13(15)8-4-11;/h1-8H,9H2;1H/p-1. The highest BCUT2D eigenvalue weighted by Gasteiger charge is 1.97. The Kier molecular flexibility index (Phi) is 4.44. The molecule has 0 nitrogen and oxygen atoms in total. The second-order valence-electron chi connectivity index (χ2n) is 3.43. The number of rotatable bonds is 2. The first-order valence-electron chi connectivity index (χ1n) is 4.73. The lowest BCUT2D eigenvalue weighted by molar-refractivity contribution is -0.00000424. The summed E-state index contributed by atoms with van der Waals surface area (Å²) in [6, 6.07) is 12.7. The molecule has 0 aromatic heterocycles. The van der Waals surface area contributed by atoms with E-state index in [0.29, 0.717) is 6.42 Å². The van der Waals surface area contributed by atoms with Gasteiger partial charge in [0.1, 0.15) is 11.6 Å². The first-order chi connectivity index (χ1) is 7.24. The molecule has 3 heteroatoms. The lowest BCUT2D eigenvalue weighted by Crippen LogP contribution is -3.00. The van der Waals surface area contributed by atoms with E-state index >= 15 is 0 Å². The maximum Gasteiger partial charge on any atom is 0.123 e. The van der Waals surface area contributed by atoms with Crippen LogP contribution in [0.1, 0.15) is 11.1 Å². The van der Waals surface area contributed by atoms with Crippen LogP contribution in [-0.4, -0.2) is 0 Å². The monoisotopic (exact) mass is 239 g/mol. The average Bonchev–Trinajstić information content (AvgIpc) is 2.25. The van der Waals surface area contributed by atoms with Gasteiger partial charge in [-0.2, -0.15) is 0 Å². The van der Waals surface area contributed by atoms with Crippen LogP contribution >= 0.6 is 0 Å². The van der Waals surface area contributed by atoms with Gasteiger partial charge in [0, 0.05) is 0 Å². The van der Waals surface area contributed by atoms with Crippen LogP contribution in [0.3, 0.4) is 0 Å². The minimum absolute atomic E-state index is 0. The maximum atomic E-state index is 12.6. The first kappa shape index (κ1) is 12.7. The molecule has 0 saturated heterocycles.